The predicted molar refractivity (Wildman–Crippen MR) is 116 cm³/mol. The van der Waals surface area contributed by atoms with Gasteiger partial charge >= 0.3 is 0 Å². The lowest BCUT2D eigenvalue weighted by molar-refractivity contribution is -0.129. The van der Waals surface area contributed by atoms with E-state index in [0.29, 0.717) is 13.2 Å². The molecule has 1 N–H and O–H groups in total. The number of hydrogen-bond acceptors (Lipinski definition) is 5. The maximum atomic E-state index is 12.9. The minimum atomic E-state index is -0.558. The van der Waals surface area contributed by atoms with Gasteiger partial charge < -0.3 is 19.6 Å². The van der Waals surface area contributed by atoms with Crippen LogP contribution in [0.15, 0.2) is 35.6 Å². The molecular weight excluding hydrogens is 380 g/mol. The molecule has 3 rings (SSSR count). The largest absolute Gasteiger partial charge is 0.503 e. The first kappa shape index (κ1) is 22.3. The quantitative estimate of drug-likeness (QED) is 0.664. The Hall–Kier alpha value is -2.34. The van der Waals surface area contributed by atoms with E-state index in [1.54, 1.807) is 18.7 Å². The molecule has 1 aromatic carbocycles. The fourth-order valence-electron chi connectivity index (χ4n) is 4.19. The van der Waals surface area contributed by atoms with Crippen molar-refractivity contribution in [2.45, 2.75) is 52.5 Å². The first-order valence-corrected chi connectivity index (χ1v) is 11.2. The summed E-state index contributed by atoms with van der Waals surface area (Å²) in [6.07, 6.45) is 4.53. The normalized spacial score (nSPS) is 20.3. The molecule has 0 aliphatic carbocycles. The lowest BCUT2D eigenvalue weighted by atomic mass is 9.91. The van der Waals surface area contributed by atoms with E-state index in [2.05, 4.69) is 11.8 Å². The Balaban J connectivity index is 1.86. The molecule has 0 spiro atoms. The third-order valence-electron chi connectivity index (χ3n) is 5.87. The van der Waals surface area contributed by atoms with E-state index >= 15 is 0 Å². The van der Waals surface area contributed by atoms with Crippen molar-refractivity contribution in [3.63, 3.8) is 0 Å². The van der Waals surface area contributed by atoms with Gasteiger partial charge in [-0.15, -0.1) is 0 Å². The van der Waals surface area contributed by atoms with Crippen molar-refractivity contribution in [2.75, 3.05) is 32.8 Å². The van der Waals surface area contributed by atoms with Gasteiger partial charge in [-0.1, -0.05) is 39.3 Å². The smallest absolute Gasteiger partial charge is 0.290 e. The van der Waals surface area contributed by atoms with Crippen LogP contribution >= 0.6 is 0 Å². The molecule has 0 saturated carbocycles. The number of ether oxygens (including phenoxy) is 1. The number of carbonyl (C=O) groups is 2. The molecule has 164 valence electrons. The summed E-state index contributed by atoms with van der Waals surface area (Å²) in [6, 6.07) is 6.96. The Morgan fingerprint density at radius 3 is 2.40 bits per heavy atom. The summed E-state index contributed by atoms with van der Waals surface area (Å²) in [6.45, 7) is 9.58. The van der Waals surface area contributed by atoms with E-state index in [9.17, 15) is 14.7 Å². The Kier molecular flexibility index (Phi) is 7.53. The number of aliphatic hydroxyl groups excluding tert-OH is 1. The van der Waals surface area contributed by atoms with Gasteiger partial charge in [0, 0.05) is 19.0 Å². The standard InChI is InChI=1S/C24H34N2O4/c1-4-16-30-19-10-8-18(9-11-19)21-20(22(27)17(2)3)23(28)24(29)26(21)15-14-25-12-6-5-7-13-25/h8-11,17,21,28H,4-7,12-16H2,1-3H3. The van der Waals surface area contributed by atoms with E-state index < -0.39 is 17.7 Å². The summed E-state index contributed by atoms with van der Waals surface area (Å²) >= 11 is 0. The van der Waals surface area contributed by atoms with E-state index in [-0.39, 0.29) is 17.3 Å². The van der Waals surface area contributed by atoms with Crippen LogP contribution in [0.4, 0.5) is 0 Å². The molecule has 1 fully saturated rings. The van der Waals surface area contributed by atoms with Crippen LogP contribution < -0.4 is 4.74 Å². The highest BCUT2D eigenvalue weighted by molar-refractivity contribution is 6.09. The first-order chi connectivity index (χ1) is 14.4. The summed E-state index contributed by atoms with van der Waals surface area (Å²) in [5.74, 6) is -0.574. The summed E-state index contributed by atoms with van der Waals surface area (Å²) in [5.41, 5.74) is 1.04. The highest BCUT2D eigenvalue weighted by atomic mass is 16.5. The molecule has 2 aliphatic heterocycles. The van der Waals surface area contributed by atoms with E-state index in [1.807, 2.05) is 24.3 Å². The third kappa shape index (κ3) is 4.86. The fourth-order valence-corrected chi connectivity index (χ4v) is 4.19. The van der Waals surface area contributed by atoms with Crippen LogP contribution in [-0.2, 0) is 9.59 Å². The van der Waals surface area contributed by atoms with Crippen molar-refractivity contribution in [3.05, 3.63) is 41.2 Å². The monoisotopic (exact) mass is 414 g/mol. The number of ketones is 1. The van der Waals surface area contributed by atoms with Crippen LogP contribution in [0.1, 0.15) is 58.1 Å². The molecule has 1 atom stereocenters. The highest BCUT2D eigenvalue weighted by Crippen LogP contribution is 2.39. The van der Waals surface area contributed by atoms with Gasteiger partial charge in [-0.05, 0) is 50.0 Å². The lowest BCUT2D eigenvalue weighted by Gasteiger charge is -2.32. The number of piperidine rings is 1. The van der Waals surface area contributed by atoms with Gasteiger partial charge in [0.05, 0.1) is 18.2 Å². The number of aliphatic hydroxyl groups is 1. The summed E-state index contributed by atoms with van der Waals surface area (Å²) in [7, 11) is 0. The second-order valence-corrected chi connectivity index (χ2v) is 8.50. The average Bonchev–Trinajstić information content (AvgIpc) is 3.01. The van der Waals surface area contributed by atoms with Crippen LogP contribution in [-0.4, -0.2) is 59.4 Å². The molecule has 0 bridgehead atoms. The van der Waals surface area contributed by atoms with Crippen molar-refractivity contribution in [1.82, 2.24) is 9.80 Å². The van der Waals surface area contributed by atoms with Crippen molar-refractivity contribution in [1.29, 1.82) is 0 Å². The molecule has 6 nitrogen and oxygen atoms in total. The molecule has 30 heavy (non-hydrogen) atoms. The topological polar surface area (TPSA) is 70.1 Å². The zero-order chi connectivity index (χ0) is 21.7. The van der Waals surface area contributed by atoms with Crippen LogP contribution in [0.3, 0.4) is 0 Å². The highest BCUT2D eigenvalue weighted by Gasteiger charge is 2.43. The molecule has 1 unspecified atom stereocenters. The number of rotatable bonds is 9. The SMILES string of the molecule is CCCOc1ccc(C2C(C(=O)C(C)C)=C(O)C(=O)N2CCN2CCCCC2)cc1. The van der Waals surface area contributed by atoms with Crippen LogP contribution in [0.25, 0.3) is 0 Å². The Bertz CT molecular complexity index is 779. The number of Topliss-reactive ketones (excluding diaryl/α,β-unsaturated/α-hetero) is 1. The lowest BCUT2D eigenvalue weighted by Crippen LogP contribution is -2.40. The Labute approximate surface area is 179 Å². The number of amides is 1. The molecule has 1 amide bonds. The fraction of sp³-hybridized carbons (Fsp3) is 0.583. The number of hydrogen-bond donors (Lipinski definition) is 1. The van der Waals surface area contributed by atoms with Crippen molar-refractivity contribution >= 4 is 11.7 Å². The molecule has 6 heteroatoms. The molecule has 0 aromatic heterocycles. The number of nitrogens with zero attached hydrogens (tertiary/aromatic N) is 2. The zero-order valence-electron chi connectivity index (χ0n) is 18.4. The second kappa shape index (κ2) is 10.1. The van der Waals surface area contributed by atoms with Crippen molar-refractivity contribution in [2.24, 2.45) is 5.92 Å². The molecule has 1 saturated heterocycles. The Morgan fingerprint density at radius 2 is 1.80 bits per heavy atom. The second-order valence-electron chi connectivity index (χ2n) is 8.50. The molecule has 2 aliphatic rings. The van der Waals surface area contributed by atoms with Crippen molar-refractivity contribution in [3.8, 4) is 5.75 Å². The Morgan fingerprint density at radius 1 is 1.13 bits per heavy atom. The average molecular weight is 415 g/mol. The van der Waals surface area contributed by atoms with E-state index in [0.717, 1.165) is 37.4 Å². The van der Waals surface area contributed by atoms with Gasteiger partial charge in [0.25, 0.3) is 5.91 Å². The van der Waals surface area contributed by atoms with Crippen LogP contribution in [0, 0.1) is 5.92 Å². The molecule has 2 heterocycles. The number of likely N-dealkylation sites (tertiary alicyclic amines) is 1. The predicted octanol–water partition coefficient (Wildman–Crippen LogP) is 3.88. The maximum Gasteiger partial charge on any atom is 0.290 e. The summed E-state index contributed by atoms with van der Waals surface area (Å²) in [4.78, 5) is 29.9. The van der Waals surface area contributed by atoms with Gasteiger partial charge in [-0.3, -0.25) is 9.59 Å². The van der Waals surface area contributed by atoms with E-state index in [1.165, 1.54) is 19.3 Å². The zero-order valence-corrected chi connectivity index (χ0v) is 18.4. The minimum absolute atomic E-state index is 0.183. The number of benzene rings is 1. The van der Waals surface area contributed by atoms with E-state index in [4.69, 9.17) is 4.74 Å². The molecular formula is C24H34N2O4. The van der Waals surface area contributed by atoms with Crippen LogP contribution in [0.2, 0.25) is 0 Å². The van der Waals surface area contributed by atoms with Crippen molar-refractivity contribution < 1.29 is 19.4 Å². The molecule has 0 radical (unpaired) electrons. The minimum Gasteiger partial charge on any atom is -0.503 e. The van der Waals surface area contributed by atoms with Gasteiger partial charge in [-0.25, -0.2) is 0 Å². The maximum absolute atomic E-state index is 12.9. The number of carbonyl (C=O) groups excluding carboxylic acids is 2. The van der Waals surface area contributed by atoms with Gasteiger partial charge in [-0.2, -0.15) is 0 Å². The summed E-state index contributed by atoms with van der Waals surface area (Å²) in [5, 5.41) is 10.6. The van der Waals surface area contributed by atoms with Gasteiger partial charge in [0.2, 0.25) is 0 Å². The van der Waals surface area contributed by atoms with Gasteiger partial charge in [0.15, 0.2) is 11.5 Å². The first-order valence-electron chi connectivity index (χ1n) is 11.2. The van der Waals surface area contributed by atoms with Crippen LogP contribution in [0.5, 0.6) is 5.75 Å². The van der Waals surface area contributed by atoms with Gasteiger partial charge in [0.1, 0.15) is 5.75 Å². The summed E-state index contributed by atoms with van der Waals surface area (Å²) < 4.78 is 5.67. The third-order valence-corrected chi connectivity index (χ3v) is 5.87. The molecule has 1 aromatic rings.